The minimum atomic E-state index is -1.08. The summed E-state index contributed by atoms with van der Waals surface area (Å²) in [6.45, 7) is -0.401. The van der Waals surface area contributed by atoms with Crippen molar-refractivity contribution < 1.29 is 20.2 Å². The second-order valence-electron chi connectivity index (χ2n) is 3.41. The van der Waals surface area contributed by atoms with Gasteiger partial charge in [0.1, 0.15) is 6.54 Å². The van der Waals surface area contributed by atoms with Gasteiger partial charge in [-0.15, -0.1) is 0 Å². The van der Waals surface area contributed by atoms with E-state index in [9.17, 15) is 9.59 Å². The average Bonchev–Trinajstić information content (AvgIpc) is 2.27. The highest BCUT2D eigenvalue weighted by molar-refractivity contribution is 5.85. The number of hydrogen-bond acceptors (Lipinski definition) is 3. The summed E-state index contributed by atoms with van der Waals surface area (Å²) in [5, 5.41) is 10.6. The van der Waals surface area contributed by atoms with Crippen molar-refractivity contribution in [2.75, 3.05) is 6.54 Å². The molecule has 1 rings (SSSR count). The molecular formula is C11H16N2O4. The van der Waals surface area contributed by atoms with Gasteiger partial charge < -0.3 is 21.6 Å². The van der Waals surface area contributed by atoms with Crippen LogP contribution in [0.1, 0.15) is 5.56 Å². The van der Waals surface area contributed by atoms with Gasteiger partial charge in [-0.2, -0.15) is 0 Å². The van der Waals surface area contributed by atoms with Crippen LogP contribution in [0.25, 0.3) is 0 Å². The third-order valence-electron chi connectivity index (χ3n) is 2.05. The summed E-state index contributed by atoms with van der Waals surface area (Å²) in [5.41, 5.74) is 6.58. The van der Waals surface area contributed by atoms with Crippen LogP contribution < -0.4 is 11.1 Å². The van der Waals surface area contributed by atoms with Gasteiger partial charge in [0, 0.05) is 0 Å². The number of hydrogen-bond donors (Lipinski definition) is 3. The van der Waals surface area contributed by atoms with E-state index in [1.807, 2.05) is 30.3 Å². The van der Waals surface area contributed by atoms with Crippen molar-refractivity contribution in [1.82, 2.24) is 5.32 Å². The standard InChI is InChI=1S/C11H14N2O3.H2O/c12-9(11(16)13-7-10(14)15)6-8-4-2-1-3-5-8;/h1-5,9H,6-7,12H2,(H,13,16)(H,14,15);1H2/t9-;/m0./s1. The molecule has 0 bridgehead atoms. The highest BCUT2D eigenvalue weighted by atomic mass is 16.4. The van der Waals surface area contributed by atoms with Gasteiger partial charge in [-0.05, 0) is 12.0 Å². The normalized spacial score (nSPS) is 11.1. The first kappa shape index (κ1) is 15.1. The maximum absolute atomic E-state index is 11.4. The molecule has 6 N–H and O–H groups in total. The molecule has 1 aromatic carbocycles. The molecule has 0 unspecified atom stereocenters. The van der Waals surface area contributed by atoms with Gasteiger partial charge >= 0.3 is 5.97 Å². The van der Waals surface area contributed by atoms with E-state index < -0.39 is 24.5 Å². The lowest BCUT2D eigenvalue weighted by Crippen LogP contribution is -2.43. The van der Waals surface area contributed by atoms with Crippen LogP contribution in [0, 0.1) is 0 Å². The van der Waals surface area contributed by atoms with Crippen molar-refractivity contribution in [2.45, 2.75) is 12.5 Å². The SMILES string of the molecule is N[C@@H](Cc1ccccc1)C(=O)NCC(=O)O.O. The molecule has 1 atom stereocenters. The molecule has 6 heteroatoms. The number of benzene rings is 1. The third-order valence-corrected chi connectivity index (χ3v) is 2.05. The van der Waals surface area contributed by atoms with Crippen LogP contribution in [0.15, 0.2) is 30.3 Å². The number of carboxylic acid groups (broad SMARTS) is 1. The van der Waals surface area contributed by atoms with E-state index in [4.69, 9.17) is 10.8 Å². The number of carbonyl (C=O) groups is 2. The van der Waals surface area contributed by atoms with Crippen molar-refractivity contribution in [3.63, 3.8) is 0 Å². The van der Waals surface area contributed by atoms with Gasteiger partial charge in [-0.1, -0.05) is 30.3 Å². The number of nitrogens with one attached hydrogen (secondary N) is 1. The smallest absolute Gasteiger partial charge is 0.322 e. The Hall–Kier alpha value is -1.92. The summed E-state index contributed by atoms with van der Waals surface area (Å²) in [6.07, 6.45) is 0.395. The molecule has 0 fully saturated rings. The van der Waals surface area contributed by atoms with Crippen LogP contribution in [0.4, 0.5) is 0 Å². The molecule has 0 aromatic heterocycles. The Kier molecular flexibility index (Phi) is 6.54. The Balaban J connectivity index is 0.00000256. The van der Waals surface area contributed by atoms with E-state index >= 15 is 0 Å². The Morgan fingerprint density at radius 3 is 2.41 bits per heavy atom. The lowest BCUT2D eigenvalue weighted by Gasteiger charge is -2.10. The second kappa shape index (κ2) is 7.37. The van der Waals surface area contributed by atoms with Crippen LogP contribution in [-0.4, -0.2) is 35.0 Å². The molecule has 0 spiro atoms. The summed E-state index contributed by atoms with van der Waals surface area (Å²) in [7, 11) is 0. The Morgan fingerprint density at radius 2 is 1.88 bits per heavy atom. The molecule has 1 amide bonds. The molecule has 0 aliphatic carbocycles. The molecule has 94 valence electrons. The minimum Gasteiger partial charge on any atom is -0.480 e. The van der Waals surface area contributed by atoms with Crippen LogP contribution in [0.3, 0.4) is 0 Å². The zero-order valence-corrected chi connectivity index (χ0v) is 9.22. The summed E-state index contributed by atoms with van der Waals surface area (Å²) >= 11 is 0. The molecule has 6 nitrogen and oxygen atoms in total. The second-order valence-corrected chi connectivity index (χ2v) is 3.41. The lowest BCUT2D eigenvalue weighted by atomic mass is 10.1. The molecule has 0 saturated heterocycles. The third kappa shape index (κ3) is 5.64. The monoisotopic (exact) mass is 240 g/mol. The number of carbonyl (C=O) groups excluding carboxylic acids is 1. The van der Waals surface area contributed by atoms with Crippen molar-refractivity contribution in [3.8, 4) is 0 Å². The summed E-state index contributed by atoms with van der Waals surface area (Å²) in [6, 6.07) is 8.60. The maximum atomic E-state index is 11.4. The highest BCUT2D eigenvalue weighted by Gasteiger charge is 2.14. The maximum Gasteiger partial charge on any atom is 0.322 e. The molecule has 0 aliphatic rings. The first-order chi connectivity index (χ1) is 7.59. The first-order valence-electron chi connectivity index (χ1n) is 4.88. The highest BCUT2D eigenvalue weighted by Crippen LogP contribution is 2.01. The van der Waals surface area contributed by atoms with E-state index in [2.05, 4.69) is 5.32 Å². The molecule has 17 heavy (non-hydrogen) atoms. The Labute approximate surface area is 98.7 Å². The van der Waals surface area contributed by atoms with Crippen molar-refractivity contribution in [3.05, 3.63) is 35.9 Å². The number of aliphatic carboxylic acids is 1. The van der Waals surface area contributed by atoms with Gasteiger partial charge in [0.2, 0.25) is 5.91 Å². The number of amides is 1. The topological polar surface area (TPSA) is 124 Å². The fourth-order valence-electron chi connectivity index (χ4n) is 1.25. The van der Waals surface area contributed by atoms with Gasteiger partial charge in [-0.25, -0.2) is 0 Å². The van der Waals surface area contributed by atoms with Gasteiger partial charge in [-0.3, -0.25) is 9.59 Å². The first-order valence-corrected chi connectivity index (χ1v) is 4.88. The van der Waals surface area contributed by atoms with E-state index in [1.165, 1.54) is 0 Å². The predicted molar refractivity (Wildman–Crippen MR) is 62.4 cm³/mol. The van der Waals surface area contributed by atoms with Crippen LogP contribution in [0.2, 0.25) is 0 Å². The number of rotatable bonds is 5. The zero-order valence-electron chi connectivity index (χ0n) is 9.22. The molecule has 0 saturated carbocycles. The van der Waals surface area contributed by atoms with E-state index in [0.717, 1.165) is 5.56 Å². The summed E-state index contributed by atoms with van der Waals surface area (Å²) < 4.78 is 0. The van der Waals surface area contributed by atoms with E-state index in [0.29, 0.717) is 6.42 Å². The quantitative estimate of drug-likeness (QED) is 0.606. The minimum absolute atomic E-state index is 0. The fraction of sp³-hybridized carbons (Fsp3) is 0.273. The van der Waals surface area contributed by atoms with Crippen molar-refractivity contribution in [2.24, 2.45) is 5.73 Å². The molecule has 0 aliphatic heterocycles. The van der Waals surface area contributed by atoms with Gasteiger partial charge in [0.05, 0.1) is 6.04 Å². The Bertz CT molecular complexity index is 367. The van der Waals surface area contributed by atoms with Crippen LogP contribution in [-0.2, 0) is 16.0 Å². The van der Waals surface area contributed by atoms with E-state index in [-0.39, 0.29) is 5.48 Å². The van der Waals surface area contributed by atoms with Gasteiger partial charge in [0.25, 0.3) is 0 Å². The lowest BCUT2D eigenvalue weighted by molar-refractivity contribution is -0.138. The van der Waals surface area contributed by atoms with Crippen LogP contribution in [0.5, 0.6) is 0 Å². The average molecular weight is 240 g/mol. The molecular weight excluding hydrogens is 224 g/mol. The number of nitrogens with two attached hydrogens (primary N) is 1. The largest absolute Gasteiger partial charge is 0.480 e. The summed E-state index contributed by atoms with van der Waals surface area (Å²) in [4.78, 5) is 21.6. The van der Waals surface area contributed by atoms with Crippen LogP contribution >= 0.6 is 0 Å². The molecule has 1 aromatic rings. The van der Waals surface area contributed by atoms with Crippen molar-refractivity contribution in [1.29, 1.82) is 0 Å². The van der Waals surface area contributed by atoms with Gasteiger partial charge in [0.15, 0.2) is 0 Å². The fourth-order valence-corrected chi connectivity index (χ4v) is 1.25. The zero-order chi connectivity index (χ0) is 12.0. The summed E-state index contributed by atoms with van der Waals surface area (Å²) in [5.74, 6) is -1.54. The number of carboxylic acids is 1. The van der Waals surface area contributed by atoms with Crippen molar-refractivity contribution >= 4 is 11.9 Å². The van der Waals surface area contributed by atoms with E-state index in [1.54, 1.807) is 0 Å². The predicted octanol–water partition coefficient (Wildman–Crippen LogP) is -1.07. The Morgan fingerprint density at radius 1 is 1.29 bits per heavy atom. The molecule has 0 heterocycles. The molecule has 0 radical (unpaired) electrons.